The fraction of sp³-hybridized carbons (Fsp3) is 0.565. The van der Waals surface area contributed by atoms with Crippen LogP contribution in [-0.4, -0.2) is 46.3 Å². The zero-order valence-electron chi connectivity index (χ0n) is 17.1. The molecule has 6 nitrogen and oxygen atoms in total. The van der Waals surface area contributed by atoms with E-state index in [1.54, 1.807) is 0 Å². The summed E-state index contributed by atoms with van der Waals surface area (Å²) >= 11 is 0. The number of fused-ring (bicyclic) bond motifs is 1. The second-order valence-electron chi connectivity index (χ2n) is 8.76. The van der Waals surface area contributed by atoms with Gasteiger partial charge in [0.1, 0.15) is 5.75 Å². The topological polar surface area (TPSA) is 59.4 Å². The molecule has 0 bridgehead atoms. The van der Waals surface area contributed by atoms with Gasteiger partial charge in [-0.1, -0.05) is 25.0 Å². The van der Waals surface area contributed by atoms with Crippen molar-refractivity contribution in [2.75, 3.05) is 19.7 Å². The highest BCUT2D eigenvalue weighted by molar-refractivity contribution is 5.81. The second-order valence-corrected chi connectivity index (χ2v) is 8.76. The number of hydrogen-bond donors (Lipinski definition) is 1. The van der Waals surface area contributed by atoms with Crippen molar-refractivity contribution in [1.29, 1.82) is 0 Å². The zero-order chi connectivity index (χ0) is 19.8. The number of aryl methyl sites for hydroxylation is 1. The Labute approximate surface area is 172 Å². The number of carbonyl (C=O) groups is 1. The van der Waals surface area contributed by atoms with E-state index in [1.807, 2.05) is 17.9 Å². The normalized spacial score (nSPS) is 23.9. The van der Waals surface area contributed by atoms with Gasteiger partial charge in [-0.05, 0) is 35.6 Å². The number of rotatable bonds is 5. The zero-order valence-corrected chi connectivity index (χ0v) is 17.1. The maximum absolute atomic E-state index is 13.8. The number of hydrogen-bond acceptors (Lipinski definition) is 4. The molecule has 1 aromatic carbocycles. The minimum absolute atomic E-state index is 0.0161. The minimum atomic E-state index is -0.0161. The Bertz CT molecular complexity index is 887. The van der Waals surface area contributed by atoms with E-state index in [2.05, 4.69) is 39.7 Å². The summed E-state index contributed by atoms with van der Waals surface area (Å²) in [6.07, 6.45) is 9.63. The predicted molar refractivity (Wildman–Crippen MR) is 111 cm³/mol. The Morgan fingerprint density at radius 2 is 2.17 bits per heavy atom. The predicted octanol–water partition coefficient (Wildman–Crippen LogP) is 2.63. The van der Waals surface area contributed by atoms with Crippen molar-refractivity contribution in [3.63, 3.8) is 0 Å². The lowest BCUT2D eigenvalue weighted by molar-refractivity contribution is -0.138. The van der Waals surface area contributed by atoms with Crippen molar-refractivity contribution in [3.05, 3.63) is 47.3 Å². The van der Waals surface area contributed by atoms with Crippen LogP contribution < -0.4 is 10.1 Å². The molecule has 1 saturated carbocycles. The summed E-state index contributed by atoms with van der Waals surface area (Å²) in [6.45, 7) is 3.06. The van der Waals surface area contributed by atoms with Crippen LogP contribution in [0.4, 0.5) is 0 Å². The summed E-state index contributed by atoms with van der Waals surface area (Å²) in [7, 11) is 1.94. The molecular weight excluding hydrogens is 364 g/mol. The van der Waals surface area contributed by atoms with Crippen LogP contribution in [0.25, 0.3) is 0 Å². The van der Waals surface area contributed by atoms with Gasteiger partial charge in [0.25, 0.3) is 0 Å². The fourth-order valence-corrected chi connectivity index (χ4v) is 5.27. The highest BCUT2D eigenvalue weighted by atomic mass is 16.5. The average Bonchev–Trinajstić information content (AvgIpc) is 3.52. The molecule has 2 aromatic rings. The van der Waals surface area contributed by atoms with Crippen LogP contribution in [0.15, 0.2) is 30.6 Å². The molecule has 3 heterocycles. The van der Waals surface area contributed by atoms with Gasteiger partial charge in [0, 0.05) is 51.3 Å². The van der Waals surface area contributed by atoms with E-state index in [0.29, 0.717) is 18.5 Å². The van der Waals surface area contributed by atoms with Crippen molar-refractivity contribution in [2.24, 2.45) is 13.0 Å². The second kappa shape index (κ2) is 7.82. The highest BCUT2D eigenvalue weighted by Crippen LogP contribution is 2.34. The van der Waals surface area contributed by atoms with Gasteiger partial charge in [-0.3, -0.25) is 9.48 Å². The molecule has 1 amide bonds. The smallest absolute Gasteiger partial charge is 0.228 e. The van der Waals surface area contributed by atoms with Crippen molar-refractivity contribution >= 4 is 5.91 Å². The third kappa shape index (κ3) is 3.66. The quantitative estimate of drug-likeness (QED) is 0.847. The Morgan fingerprint density at radius 3 is 2.97 bits per heavy atom. The Kier molecular flexibility index (Phi) is 5.04. The molecule has 3 aliphatic rings. The maximum Gasteiger partial charge on any atom is 0.228 e. The van der Waals surface area contributed by atoms with Crippen LogP contribution in [0.1, 0.15) is 48.3 Å². The van der Waals surface area contributed by atoms with E-state index < -0.39 is 0 Å². The van der Waals surface area contributed by atoms with Gasteiger partial charge in [0.05, 0.1) is 18.7 Å². The molecule has 2 aliphatic heterocycles. The van der Waals surface area contributed by atoms with Crippen LogP contribution in [0.2, 0.25) is 0 Å². The number of nitrogens with zero attached hydrogens (tertiary/aromatic N) is 3. The van der Waals surface area contributed by atoms with Gasteiger partial charge in [-0.25, -0.2) is 0 Å². The van der Waals surface area contributed by atoms with Crippen LogP contribution in [0.3, 0.4) is 0 Å². The van der Waals surface area contributed by atoms with Gasteiger partial charge in [-0.15, -0.1) is 0 Å². The summed E-state index contributed by atoms with van der Waals surface area (Å²) in [5, 5.41) is 7.78. The standard InChI is InChI=1S/C23H30N4O2/c1-26-15-18(11-25-26)20-12-24-13-21(20)23(28)27(19-4-2-3-5-19)14-16-6-7-22-17(10-16)8-9-29-22/h6-7,10-11,15,19-21,24H,2-5,8-9,12-14H2,1H3/t20-,21+/m1/s1. The minimum Gasteiger partial charge on any atom is -0.493 e. The fourth-order valence-electron chi connectivity index (χ4n) is 5.27. The first kappa shape index (κ1) is 18.7. The highest BCUT2D eigenvalue weighted by Gasteiger charge is 2.39. The van der Waals surface area contributed by atoms with Crippen molar-refractivity contribution in [1.82, 2.24) is 20.0 Å². The van der Waals surface area contributed by atoms with E-state index in [1.165, 1.54) is 24.0 Å². The lowest BCUT2D eigenvalue weighted by Gasteiger charge is -2.33. The van der Waals surface area contributed by atoms with Crippen LogP contribution in [-0.2, 0) is 24.8 Å². The first-order chi connectivity index (χ1) is 14.2. The SMILES string of the molecule is Cn1cc([C@H]2CNC[C@@H]2C(=O)N(Cc2ccc3c(c2)CCO3)C2CCCC2)cn1. The van der Waals surface area contributed by atoms with E-state index in [4.69, 9.17) is 4.74 Å². The Balaban J connectivity index is 1.39. The Morgan fingerprint density at radius 1 is 1.31 bits per heavy atom. The summed E-state index contributed by atoms with van der Waals surface area (Å²) in [5.74, 6) is 1.49. The monoisotopic (exact) mass is 394 g/mol. The first-order valence-corrected chi connectivity index (χ1v) is 10.9. The third-order valence-electron chi connectivity index (χ3n) is 6.84. The van der Waals surface area contributed by atoms with Crippen molar-refractivity contribution in [2.45, 2.75) is 50.6 Å². The van der Waals surface area contributed by atoms with Crippen LogP contribution >= 0.6 is 0 Å². The molecule has 0 radical (unpaired) electrons. The van der Waals surface area contributed by atoms with E-state index in [9.17, 15) is 4.79 Å². The van der Waals surface area contributed by atoms with Crippen molar-refractivity contribution in [3.8, 4) is 5.75 Å². The molecule has 2 atom stereocenters. The van der Waals surface area contributed by atoms with Gasteiger partial charge in [0.2, 0.25) is 5.91 Å². The lowest BCUT2D eigenvalue weighted by atomic mass is 9.89. The number of benzene rings is 1. The number of amides is 1. The van der Waals surface area contributed by atoms with Crippen LogP contribution in [0, 0.1) is 5.92 Å². The van der Waals surface area contributed by atoms with E-state index >= 15 is 0 Å². The lowest BCUT2D eigenvalue weighted by Crippen LogP contribution is -2.43. The molecule has 154 valence electrons. The number of aromatic nitrogens is 2. The number of carbonyl (C=O) groups excluding carboxylic acids is 1. The molecule has 5 rings (SSSR count). The van der Waals surface area contributed by atoms with Gasteiger partial charge < -0.3 is 15.0 Å². The largest absolute Gasteiger partial charge is 0.493 e. The third-order valence-corrected chi connectivity index (χ3v) is 6.84. The Hall–Kier alpha value is -2.34. The van der Waals surface area contributed by atoms with Gasteiger partial charge in [-0.2, -0.15) is 5.10 Å². The van der Waals surface area contributed by atoms with Gasteiger partial charge in [0.15, 0.2) is 0 Å². The van der Waals surface area contributed by atoms with E-state index in [-0.39, 0.29) is 11.8 Å². The molecule has 0 spiro atoms. The molecular formula is C23H30N4O2. The number of ether oxygens (including phenoxy) is 1. The maximum atomic E-state index is 13.8. The molecule has 2 fully saturated rings. The number of nitrogens with one attached hydrogen (secondary N) is 1. The molecule has 6 heteroatoms. The van der Waals surface area contributed by atoms with Gasteiger partial charge >= 0.3 is 0 Å². The average molecular weight is 395 g/mol. The molecule has 1 aliphatic carbocycles. The first-order valence-electron chi connectivity index (χ1n) is 10.9. The summed E-state index contributed by atoms with van der Waals surface area (Å²) < 4.78 is 7.49. The van der Waals surface area contributed by atoms with E-state index in [0.717, 1.165) is 50.3 Å². The summed E-state index contributed by atoms with van der Waals surface area (Å²) in [5.41, 5.74) is 3.66. The molecule has 1 saturated heterocycles. The van der Waals surface area contributed by atoms with Crippen molar-refractivity contribution < 1.29 is 9.53 Å². The molecule has 1 aromatic heterocycles. The molecule has 29 heavy (non-hydrogen) atoms. The summed E-state index contributed by atoms with van der Waals surface area (Å²) in [6, 6.07) is 6.81. The summed E-state index contributed by atoms with van der Waals surface area (Å²) in [4.78, 5) is 16.0. The molecule has 1 N–H and O–H groups in total. The van der Waals surface area contributed by atoms with Crippen LogP contribution in [0.5, 0.6) is 5.75 Å². The molecule has 0 unspecified atom stereocenters.